The van der Waals surface area contributed by atoms with Gasteiger partial charge in [-0.1, -0.05) is 17.7 Å². The second-order valence-electron chi connectivity index (χ2n) is 5.27. The first-order valence-electron chi connectivity index (χ1n) is 7.43. The maximum atomic E-state index is 11.5. The third kappa shape index (κ3) is 3.80. The zero-order valence-corrected chi connectivity index (χ0v) is 13.5. The van der Waals surface area contributed by atoms with Gasteiger partial charge in [0.2, 0.25) is 5.84 Å². The number of halogens is 1. The van der Waals surface area contributed by atoms with E-state index in [1.165, 1.54) is 12.3 Å². The van der Waals surface area contributed by atoms with Crippen LogP contribution in [0.5, 0.6) is 0 Å². The molecule has 0 aromatic carbocycles. The summed E-state index contributed by atoms with van der Waals surface area (Å²) in [5.74, 6) is 0.778. The molecule has 0 spiro atoms. The maximum absolute atomic E-state index is 11.5. The predicted molar refractivity (Wildman–Crippen MR) is 90.3 cm³/mol. The fourth-order valence-corrected chi connectivity index (χ4v) is 2.59. The highest BCUT2D eigenvalue weighted by Crippen LogP contribution is 2.18. The molecule has 0 unspecified atom stereocenters. The smallest absolute Gasteiger partial charge is 0.314 e. The van der Waals surface area contributed by atoms with E-state index in [-0.39, 0.29) is 5.70 Å². The molecule has 0 N–H and O–H groups in total. The Bertz CT molecular complexity index is 769. The number of aliphatic imine (C=N–C) groups is 1. The molecule has 124 valence electrons. The van der Waals surface area contributed by atoms with Gasteiger partial charge < -0.3 is 9.32 Å². The van der Waals surface area contributed by atoms with Crippen LogP contribution >= 0.6 is 11.6 Å². The molecule has 0 aliphatic carbocycles. The van der Waals surface area contributed by atoms with Crippen LogP contribution in [0.15, 0.2) is 51.8 Å². The van der Waals surface area contributed by atoms with E-state index in [0.717, 1.165) is 12.0 Å². The van der Waals surface area contributed by atoms with Gasteiger partial charge in [0.05, 0.1) is 17.3 Å². The van der Waals surface area contributed by atoms with E-state index in [1.807, 2.05) is 11.0 Å². The van der Waals surface area contributed by atoms with Crippen LogP contribution in [0, 0.1) is 10.1 Å². The van der Waals surface area contributed by atoms with Gasteiger partial charge >= 0.3 is 5.70 Å². The standard InChI is InChI=1S/C16H15ClN4O3/c17-15-5-4-12(10-19-15)11-20-7-2-6-18-16(20)14(21(22)23)9-13-3-1-8-24-13/h1,3-5,8-10H,2,6-7,11H2/b14-9-. The predicted octanol–water partition coefficient (Wildman–Crippen LogP) is 3.25. The number of pyridine rings is 1. The molecule has 24 heavy (non-hydrogen) atoms. The maximum Gasteiger partial charge on any atom is 0.314 e. The molecule has 0 saturated heterocycles. The lowest BCUT2D eigenvalue weighted by molar-refractivity contribution is -0.414. The van der Waals surface area contributed by atoms with Crippen LogP contribution in [0.3, 0.4) is 0 Å². The molecule has 0 atom stereocenters. The molecule has 0 fully saturated rings. The number of amidine groups is 1. The number of hydrogen-bond donors (Lipinski definition) is 0. The molecule has 0 radical (unpaired) electrons. The van der Waals surface area contributed by atoms with Gasteiger partial charge in [-0.25, -0.2) is 4.98 Å². The van der Waals surface area contributed by atoms with Gasteiger partial charge in [-0.15, -0.1) is 0 Å². The van der Waals surface area contributed by atoms with Gasteiger partial charge in [-0.05, 0) is 30.2 Å². The van der Waals surface area contributed by atoms with Crippen LogP contribution in [-0.4, -0.2) is 33.7 Å². The molecule has 7 nitrogen and oxygen atoms in total. The number of nitro groups is 1. The van der Waals surface area contributed by atoms with Crippen LogP contribution in [0.25, 0.3) is 6.08 Å². The molecule has 3 rings (SSSR count). The Morgan fingerprint density at radius 2 is 2.33 bits per heavy atom. The summed E-state index contributed by atoms with van der Waals surface area (Å²) in [5.41, 5.74) is 0.835. The second-order valence-corrected chi connectivity index (χ2v) is 5.66. The van der Waals surface area contributed by atoms with E-state index in [9.17, 15) is 10.1 Å². The van der Waals surface area contributed by atoms with E-state index in [4.69, 9.17) is 16.0 Å². The van der Waals surface area contributed by atoms with Crippen molar-refractivity contribution in [2.75, 3.05) is 13.1 Å². The molecule has 0 amide bonds. The third-order valence-corrected chi connectivity index (χ3v) is 3.78. The van der Waals surface area contributed by atoms with Crippen molar-refractivity contribution in [3.63, 3.8) is 0 Å². The second kappa shape index (κ2) is 7.27. The van der Waals surface area contributed by atoms with Crippen molar-refractivity contribution in [2.45, 2.75) is 13.0 Å². The van der Waals surface area contributed by atoms with Crippen molar-refractivity contribution in [2.24, 2.45) is 4.99 Å². The Hall–Kier alpha value is -2.67. The fourth-order valence-electron chi connectivity index (χ4n) is 2.48. The normalized spacial score (nSPS) is 15.3. The summed E-state index contributed by atoms with van der Waals surface area (Å²) in [4.78, 5) is 21.4. The monoisotopic (exact) mass is 346 g/mol. The van der Waals surface area contributed by atoms with Crippen LogP contribution in [-0.2, 0) is 6.54 Å². The highest BCUT2D eigenvalue weighted by molar-refractivity contribution is 6.29. The van der Waals surface area contributed by atoms with Crippen molar-refractivity contribution in [3.05, 3.63) is 69.0 Å². The minimum absolute atomic E-state index is 0.0772. The number of furan rings is 1. The summed E-state index contributed by atoms with van der Waals surface area (Å²) in [6.07, 6.45) is 5.38. The summed E-state index contributed by atoms with van der Waals surface area (Å²) in [6, 6.07) is 6.90. The van der Waals surface area contributed by atoms with Crippen molar-refractivity contribution in [1.29, 1.82) is 0 Å². The highest BCUT2D eigenvalue weighted by Gasteiger charge is 2.28. The Balaban J connectivity index is 1.88. The summed E-state index contributed by atoms with van der Waals surface area (Å²) in [6.45, 7) is 1.73. The largest absolute Gasteiger partial charge is 0.465 e. The van der Waals surface area contributed by atoms with Crippen LogP contribution < -0.4 is 0 Å². The van der Waals surface area contributed by atoms with E-state index >= 15 is 0 Å². The van der Waals surface area contributed by atoms with E-state index in [1.54, 1.807) is 24.4 Å². The van der Waals surface area contributed by atoms with Gasteiger partial charge in [0, 0.05) is 25.8 Å². The van der Waals surface area contributed by atoms with Crippen molar-refractivity contribution < 1.29 is 9.34 Å². The first kappa shape index (κ1) is 16.2. The Kier molecular flexibility index (Phi) is 4.90. The Morgan fingerprint density at radius 1 is 1.46 bits per heavy atom. The molecule has 1 aliphatic rings. The van der Waals surface area contributed by atoms with E-state index < -0.39 is 4.92 Å². The average molecular weight is 347 g/mol. The zero-order chi connectivity index (χ0) is 16.9. The first-order valence-corrected chi connectivity index (χ1v) is 7.81. The van der Waals surface area contributed by atoms with Gasteiger partial charge in [-0.3, -0.25) is 15.1 Å². The minimum atomic E-state index is -0.431. The van der Waals surface area contributed by atoms with Gasteiger partial charge in [0.15, 0.2) is 0 Å². The van der Waals surface area contributed by atoms with Gasteiger partial charge in [0.1, 0.15) is 10.9 Å². The van der Waals surface area contributed by atoms with Crippen LogP contribution in [0.1, 0.15) is 17.7 Å². The molecule has 1 aliphatic heterocycles. The van der Waals surface area contributed by atoms with E-state index in [0.29, 0.717) is 36.4 Å². The number of hydrogen-bond acceptors (Lipinski definition) is 6. The third-order valence-electron chi connectivity index (χ3n) is 3.56. The van der Waals surface area contributed by atoms with Crippen LogP contribution in [0.2, 0.25) is 5.15 Å². The number of aromatic nitrogens is 1. The number of rotatable bonds is 5. The molecular weight excluding hydrogens is 332 g/mol. The number of nitrogens with zero attached hydrogens (tertiary/aromatic N) is 4. The Morgan fingerprint density at radius 3 is 3.00 bits per heavy atom. The summed E-state index contributed by atoms with van der Waals surface area (Å²) in [5, 5.41) is 11.9. The molecule has 0 saturated carbocycles. The summed E-state index contributed by atoms with van der Waals surface area (Å²) >= 11 is 5.80. The SMILES string of the molecule is O=[N+]([O-])/C(=C\c1ccco1)C1=NCCCN1Cc1ccc(Cl)nc1. The molecule has 0 bridgehead atoms. The first-order chi connectivity index (χ1) is 11.6. The molecule has 2 aromatic heterocycles. The van der Waals surface area contributed by atoms with Crippen molar-refractivity contribution in [1.82, 2.24) is 9.88 Å². The summed E-state index contributed by atoms with van der Waals surface area (Å²) < 4.78 is 5.19. The molecule has 3 heterocycles. The van der Waals surface area contributed by atoms with Gasteiger partial charge in [0.25, 0.3) is 0 Å². The lowest BCUT2D eigenvalue weighted by atomic mass is 10.2. The molecule has 8 heteroatoms. The highest BCUT2D eigenvalue weighted by atomic mass is 35.5. The lowest BCUT2D eigenvalue weighted by Gasteiger charge is -2.27. The fraction of sp³-hybridized carbons (Fsp3) is 0.250. The quantitative estimate of drug-likeness (QED) is 0.471. The van der Waals surface area contributed by atoms with Gasteiger partial charge in [-0.2, -0.15) is 0 Å². The molecule has 2 aromatic rings. The van der Waals surface area contributed by atoms with E-state index in [2.05, 4.69) is 9.98 Å². The molecular formula is C16H15ClN4O3. The zero-order valence-electron chi connectivity index (χ0n) is 12.8. The average Bonchev–Trinajstić information content (AvgIpc) is 3.08. The van der Waals surface area contributed by atoms with Crippen molar-refractivity contribution in [3.8, 4) is 0 Å². The Labute approximate surface area is 143 Å². The minimum Gasteiger partial charge on any atom is -0.465 e. The topological polar surface area (TPSA) is 84.8 Å². The lowest BCUT2D eigenvalue weighted by Crippen LogP contribution is -2.38. The van der Waals surface area contributed by atoms with Crippen LogP contribution in [0.4, 0.5) is 0 Å². The summed E-state index contributed by atoms with van der Waals surface area (Å²) in [7, 11) is 0. The van der Waals surface area contributed by atoms with Crippen molar-refractivity contribution >= 4 is 23.5 Å².